The minimum Gasteiger partial charge on any atom is -0.266 e. The number of halogens is 3. The van der Waals surface area contributed by atoms with Gasteiger partial charge in [-0.05, 0) is 54.1 Å². The standard InChI is InChI=1S/C22H13BrF2N2O/c23-19-4-2-1-3-18(19)21-26-20(13-14-5-7-15(24)8-6-14)22(28)27(21)17-11-9-16(25)10-12-17/h1-13H/b20-13+. The highest BCUT2D eigenvalue weighted by Gasteiger charge is 2.33. The maximum atomic E-state index is 13.4. The molecule has 0 unspecified atom stereocenters. The second kappa shape index (κ2) is 7.48. The van der Waals surface area contributed by atoms with E-state index in [0.29, 0.717) is 17.1 Å². The molecule has 3 aromatic rings. The summed E-state index contributed by atoms with van der Waals surface area (Å²) in [5.41, 5.74) is 2.09. The molecule has 0 fully saturated rings. The van der Waals surface area contributed by atoms with Crippen LogP contribution in [0, 0.1) is 11.6 Å². The van der Waals surface area contributed by atoms with Crippen LogP contribution in [0.2, 0.25) is 0 Å². The van der Waals surface area contributed by atoms with Crippen LogP contribution in [0.3, 0.4) is 0 Å². The highest BCUT2D eigenvalue weighted by Crippen LogP contribution is 2.30. The summed E-state index contributed by atoms with van der Waals surface area (Å²) in [5.74, 6) is -0.666. The number of amides is 1. The fourth-order valence-corrected chi connectivity index (χ4v) is 3.35. The number of aliphatic imine (C=N–C) groups is 1. The zero-order chi connectivity index (χ0) is 19.7. The Morgan fingerprint density at radius 3 is 2.11 bits per heavy atom. The molecule has 1 heterocycles. The van der Waals surface area contributed by atoms with Crippen molar-refractivity contribution in [2.24, 2.45) is 4.99 Å². The fourth-order valence-electron chi connectivity index (χ4n) is 2.89. The van der Waals surface area contributed by atoms with E-state index in [1.54, 1.807) is 18.2 Å². The van der Waals surface area contributed by atoms with Crippen molar-refractivity contribution in [2.75, 3.05) is 4.90 Å². The van der Waals surface area contributed by atoms with Gasteiger partial charge < -0.3 is 0 Å². The van der Waals surface area contributed by atoms with E-state index in [4.69, 9.17) is 0 Å². The van der Waals surface area contributed by atoms with Crippen LogP contribution in [-0.4, -0.2) is 11.7 Å². The number of carbonyl (C=O) groups excluding carboxylic acids is 1. The molecule has 0 saturated carbocycles. The number of anilines is 1. The highest BCUT2D eigenvalue weighted by molar-refractivity contribution is 9.10. The predicted octanol–water partition coefficient (Wildman–Crippen LogP) is 5.56. The van der Waals surface area contributed by atoms with Crippen LogP contribution in [0.4, 0.5) is 14.5 Å². The molecule has 6 heteroatoms. The van der Waals surface area contributed by atoms with E-state index in [-0.39, 0.29) is 17.4 Å². The van der Waals surface area contributed by atoms with E-state index in [1.807, 2.05) is 24.3 Å². The molecule has 3 aromatic carbocycles. The lowest BCUT2D eigenvalue weighted by Crippen LogP contribution is -2.32. The van der Waals surface area contributed by atoms with Crippen molar-refractivity contribution in [3.63, 3.8) is 0 Å². The normalized spacial score (nSPS) is 15.2. The molecule has 0 aliphatic carbocycles. The molecule has 3 nitrogen and oxygen atoms in total. The van der Waals surface area contributed by atoms with E-state index in [0.717, 1.165) is 10.0 Å². The van der Waals surface area contributed by atoms with E-state index in [1.165, 1.54) is 41.3 Å². The van der Waals surface area contributed by atoms with Crippen LogP contribution in [-0.2, 0) is 4.79 Å². The fraction of sp³-hybridized carbons (Fsp3) is 0. The van der Waals surface area contributed by atoms with Crippen LogP contribution >= 0.6 is 15.9 Å². The first-order valence-electron chi connectivity index (χ1n) is 8.44. The molecule has 0 aromatic heterocycles. The molecular formula is C22H13BrF2N2O. The zero-order valence-corrected chi connectivity index (χ0v) is 16.0. The summed E-state index contributed by atoms with van der Waals surface area (Å²) in [6, 6.07) is 18.8. The minimum absolute atomic E-state index is 0.210. The first kappa shape index (κ1) is 18.3. The number of carbonyl (C=O) groups is 1. The smallest absolute Gasteiger partial charge is 0.266 e. The van der Waals surface area contributed by atoms with E-state index >= 15 is 0 Å². The van der Waals surface area contributed by atoms with Crippen molar-refractivity contribution in [3.8, 4) is 0 Å². The summed E-state index contributed by atoms with van der Waals surface area (Å²) in [6.45, 7) is 0. The Morgan fingerprint density at radius 1 is 0.857 bits per heavy atom. The van der Waals surface area contributed by atoms with Gasteiger partial charge in [-0.25, -0.2) is 13.8 Å². The maximum Gasteiger partial charge on any atom is 0.282 e. The summed E-state index contributed by atoms with van der Waals surface area (Å²) in [7, 11) is 0. The van der Waals surface area contributed by atoms with Crippen LogP contribution in [0.25, 0.3) is 6.08 Å². The number of benzene rings is 3. The van der Waals surface area contributed by atoms with Gasteiger partial charge in [-0.15, -0.1) is 0 Å². The molecule has 0 spiro atoms. The van der Waals surface area contributed by atoms with Crippen LogP contribution in [0.5, 0.6) is 0 Å². The van der Waals surface area contributed by atoms with E-state index in [2.05, 4.69) is 20.9 Å². The van der Waals surface area contributed by atoms with E-state index < -0.39 is 5.82 Å². The van der Waals surface area contributed by atoms with Gasteiger partial charge in [0.2, 0.25) is 0 Å². The lowest BCUT2D eigenvalue weighted by molar-refractivity contribution is -0.113. The Balaban J connectivity index is 1.84. The largest absolute Gasteiger partial charge is 0.282 e. The molecule has 0 N–H and O–H groups in total. The quantitative estimate of drug-likeness (QED) is 0.492. The topological polar surface area (TPSA) is 32.7 Å². The minimum atomic E-state index is -0.392. The Bertz CT molecular complexity index is 1110. The molecule has 0 bridgehead atoms. The van der Waals surface area contributed by atoms with Crippen molar-refractivity contribution < 1.29 is 13.6 Å². The maximum absolute atomic E-state index is 13.4. The van der Waals surface area contributed by atoms with Gasteiger partial charge in [-0.2, -0.15) is 0 Å². The van der Waals surface area contributed by atoms with Gasteiger partial charge in [-0.3, -0.25) is 9.69 Å². The monoisotopic (exact) mass is 438 g/mol. The van der Waals surface area contributed by atoms with Crippen LogP contribution in [0.15, 0.2) is 88.0 Å². The van der Waals surface area contributed by atoms with Gasteiger partial charge in [0.25, 0.3) is 5.91 Å². The van der Waals surface area contributed by atoms with Gasteiger partial charge in [-0.1, -0.05) is 46.3 Å². The Morgan fingerprint density at radius 2 is 1.46 bits per heavy atom. The highest BCUT2D eigenvalue weighted by atomic mass is 79.9. The van der Waals surface area contributed by atoms with Gasteiger partial charge in [0.05, 0.1) is 5.69 Å². The molecule has 0 saturated heterocycles. The third kappa shape index (κ3) is 3.51. The molecular weight excluding hydrogens is 426 g/mol. The summed E-state index contributed by atoms with van der Waals surface area (Å²) >= 11 is 3.49. The van der Waals surface area contributed by atoms with Crippen LogP contribution < -0.4 is 4.90 Å². The third-order valence-corrected chi connectivity index (χ3v) is 4.92. The van der Waals surface area contributed by atoms with Crippen molar-refractivity contribution in [2.45, 2.75) is 0 Å². The number of hydrogen-bond donors (Lipinski definition) is 0. The molecule has 1 amide bonds. The van der Waals surface area contributed by atoms with Crippen molar-refractivity contribution in [3.05, 3.63) is 106 Å². The van der Waals surface area contributed by atoms with Gasteiger partial charge >= 0.3 is 0 Å². The number of hydrogen-bond acceptors (Lipinski definition) is 2. The van der Waals surface area contributed by atoms with Gasteiger partial charge in [0, 0.05) is 10.0 Å². The van der Waals surface area contributed by atoms with Crippen molar-refractivity contribution in [1.82, 2.24) is 0 Å². The lowest BCUT2D eigenvalue weighted by atomic mass is 10.1. The Kier molecular flexibility index (Phi) is 4.88. The molecule has 1 aliphatic heterocycles. The summed E-state index contributed by atoms with van der Waals surface area (Å²) < 4.78 is 27.3. The second-order valence-corrected chi connectivity index (χ2v) is 6.97. The first-order chi connectivity index (χ1) is 13.5. The van der Waals surface area contributed by atoms with Gasteiger partial charge in [0.15, 0.2) is 0 Å². The molecule has 4 rings (SSSR count). The summed E-state index contributed by atoms with van der Waals surface area (Å²) in [6.07, 6.45) is 1.60. The zero-order valence-electron chi connectivity index (χ0n) is 14.4. The predicted molar refractivity (Wildman–Crippen MR) is 109 cm³/mol. The molecule has 0 radical (unpaired) electrons. The van der Waals surface area contributed by atoms with Crippen LogP contribution in [0.1, 0.15) is 11.1 Å². The first-order valence-corrected chi connectivity index (χ1v) is 9.23. The Hall–Kier alpha value is -3.12. The summed E-state index contributed by atoms with van der Waals surface area (Å²) in [4.78, 5) is 19.1. The molecule has 1 aliphatic rings. The molecule has 138 valence electrons. The number of nitrogens with zero attached hydrogens (tertiary/aromatic N) is 2. The second-order valence-electron chi connectivity index (χ2n) is 6.11. The molecule has 28 heavy (non-hydrogen) atoms. The van der Waals surface area contributed by atoms with Crippen molar-refractivity contribution in [1.29, 1.82) is 0 Å². The van der Waals surface area contributed by atoms with Gasteiger partial charge in [0.1, 0.15) is 23.2 Å². The average molecular weight is 439 g/mol. The summed E-state index contributed by atoms with van der Waals surface area (Å²) in [5, 5.41) is 0. The Labute approximate surface area is 168 Å². The number of rotatable bonds is 3. The third-order valence-electron chi connectivity index (χ3n) is 4.23. The molecule has 0 atom stereocenters. The van der Waals surface area contributed by atoms with Crippen molar-refractivity contribution >= 4 is 39.4 Å². The van der Waals surface area contributed by atoms with E-state index in [9.17, 15) is 13.6 Å². The number of amidine groups is 1. The SMILES string of the molecule is O=C1/C(=C\c2ccc(F)cc2)N=C(c2ccccc2Br)N1c1ccc(F)cc1. The lowest BCUT2D eigenvalue weighted by Gasteiger charge is -2.19. The average Bonchev–Trinajstić information content (AvgIpc) is 3.01.